The van der Waals surface area contributed by atoms with E-state index in [1.807, 2.05) is 0 Å². The zero-order valence-corrected chi connectivity index (χ0v) is 12.5. The first-order chi connectivity index (χ1) is 9.83. The van der Waals surface area contributed by atoms with Crippen LogP contribution in [0.4, 0.5) is 10.1 Å². The lowest BCUT2D eigenvalue weighted by Gasteiger charge is -2.13. The number of aliphatic hydroxyl groups excluding tert-OH is 1. The molecular formula is C15H16FNO3S. The van der Waals surface area contributed by atoms with Gasteiger partial charge in [-0.25, -0.2) is 12.8 Å². The third-order valence-corrected chi connectivity index (χ3v) is 4.68. The van der Waals surface area contributed by atoms with Crippen LogP contribution < -0.4 is 4.72 Å². The molecule has 0 unspecified atom stereocenters. The van der Waals surface area contributed by atoms with Gasteiger partial charge < -0.3 is 5.11 Å². The average Bonchev–Trinajstić information content (AvgIpc) is 2.40. The SMILES string of the molecule is Cc1ccc(CO)cc1NS(=O)(=O)c1ccc(F)cc1C. The van der Waals surface area contributed by atoms with E-state index in [0.717, 1.165) is 11.6 Å². The van der Waals surface area contributed by atoms with Crippen LogP contribution in [0.3, 0.4) is 0 Å². The molecule has 0 spiro atoms. The van der Waals surface area contributed by atoms with Crippen LogP contribution in [0.2, 0.25) is 0 Å². The molecule has 2 aromatic rings. The van der Waals surface area contributed by atoms with Gasteiger partial charge in [0.25, 0.3) is 10.0 Å². The molecule has 0 fully saturated rings. The highest BCUT2D eigenvalue weighted by Crippen LogP contribution is 2.23. The van der Waals surface area contributed by atoms with Crippen LogP contribution >= 0.6 is 0 Å². The number of aliphatic hydroxyl groups is 1. The maximum atomic E-state index is 13.1. The van der Waals surface area contributed by atoms with Gasteiger partial charge in [-0.15, -0.1) is 0 Å². The molecule has 0 radical (unpaired) electrons. The Labute approximate surface area is 123 Å². The zero-order valence-electron chi connectivity index (χ0n) is 11.7. The maximum Gasteiger partial charge on any atom is 0.262 e. The molecule has 0 aliphatic heterocycles. The van der Waals surface area contributed by atoms with Crippen LogP contribution in [0.5, 0.6) is 0 Å². The highest BCUT2D eigenvalue weighted by Gasteiger charge is 2.18. The van der Waals surface area contributed by atoms with E-state index in [1.165, 1.54) is 19.1 Å². The Hall–Kier alpha value is -1.92. The van der Waals surface area contributed by atoms with Crippen molar-refractivity contribution >= 4 is 15.7 Å². The summed E-state index contributed by atoms with van der Waals surface area (Å²) in [6.45, 7) is 3.12. The molecule has 21 heavy (non-hydrogen) atoms. The molecular weight excluding hydrogens is 293 g/mol. The van der Waals surface area contributed by atoms with E-state index in [9.17, 15) is 12.8 Å². The molecule has 0 heterocycles. The Bertz CT molecular complexity index is 772. The molecule has 4 nitrogen and oxygen atoms in total. The summed E-state index contributed by atoms with van der Waals surface area (Å²) in [4.78, 5) is 0.0256. The smallest absolute Gasteiger partial charge is 0.262 e. The minimum atomic E-state index is -3.81. The number of hydrogen-bond acceptors (Lipinski definition) is 3. The van der Waals surface area contributed by atoms with Gasteiger partial charge in [0, 0.05) is 0 Å². The average molecular weight is 309 g/mol. The normalized spacial score (nSPS) is 11.4. The summed E-state index contributed by atoms with van der Waals surface area (Å²) < 4.78 is 40.3. The minimum absolute atomic E-state index is 0.0256. The van der Waals surface area contributed by atoms with Crippen molar-refractivity contribution in [2.45, 2.75) is 25.3 Å². The van der Waals surface area contributed by atoms with Crippen LogP contribution in [0.1, 0.15) is 16.7 Å². The molecule has 6 heteroatoms. The van der Waals surface area contributed by atoms with Crippen LogP contribution in [-0.2, 0) is 16.6 Å². The molecule has 0 aliphatic rings. The fourth-order valence-corrected chi connectivity index (χ4v) is 3.34. The number of sulfonamides is 1. The number of rotatable bonds is 4. The first-order valence-corrected chi connectivity index (χ1v) is 7.81. The second-order valence-corrected chi connectivity index (χ2v) is 6.47. The topological polar surface area (TPSA) is 66.4 Å². The third-order valence-electron chi connectivity index (χ3n) is 3.16. The highest BCUT2D eigenvalue weighted by molar-refractivity contribution is 7.92. The number of anilines is 1. The number of benzene rings is 2. The van der Waals surface area contributed by atoms with Gasteiger partial charge in [0.2, 0.25) is 0 Å². The van der Waals surface area contributed by atoms with E-state index in [4.69, 9.17) is 5.11 Å². The van der Waals surface area contributed by atoms with Gasteiger partial charge in [-0.1, -0.05) is 12.1 Å². The number of hydrogen-bond donors (Lipinski definition) is 2. The van der Waals surface area contributed by atoms with Crippen molar-refractivity contribution in [1.29, 1.82) is 0 Å². The fourth-order valence-electron chi connectivity index (χ4n) is 1.99. The second kappa shape index (κ2) is 5.83. The van der Waals surface area contributed by atoms with Gasteiger partial charge in [-0.3, -0.25) is 4.72 Å². The van der Waals surface area contributed by atoms with E-state index in [0.29, 0.717) is 16.8 Å². The summed E-state index contributed by atoms with van der Waals surface area (Å²) in [5.74, 6) is -0.482. The molecule has 0 atom stereocenters. The van der Waals surface area contributed by atoms with Crippen LogP contribution in [0, 0.1) is 19.7 Å². The standard InChI is InChI=1S/C15H16FNO3S/c1-10-3-4-12(9-18)8-14(10)17-21(19,20)15-6-5-13(16)7-11(15)2/h3-8,17-18H,9H2,1-2H3. The van der Waals surface area contributed by atoms with Crippen molar-refractivity contribution in [1.82, 2.24) is 0 Å². The highest BCUT2D eigenvalue weighted by atomic mass is 32.2. The number of halogens is 1. The van der Waals surface area contributed by atoms with E-state index < -0.39 is 15.8 Å². The van der Waals surface area contributed by atoms with Gasteiger partial charge in [-0.05, 0) is 54.8 Å². The molecule has 0 saturated heterocycles. The molecule has 0 aliphatic carbocycles. The lowest BCUT2D eigenvalue weighted by molar-refractivity contribution is 0.282. The van der Waals surface area contributed by atoms with Gasteiger partial charge in [0.05, 0.1) is 17.2 Å². The van der Waals surface area contributed by atoms with Crippen LogP contribution in [-0.4, -0.2) is 13.5 Å². The molecule has 2 rings (SSSR count). The first kappa shape index (κ1) is 15.5. The summed E-state index contributed by atoms with van der Waals surface area (Å²) in [6, 6.07) is 8.53. The summed E-state index contributed by atoms with van der Waals surface area (Å²) in [5, 5.41) is 9.12. The van der Waals surface area contributed by atoms with Crippen LogP contribution in [0.15, 0.2) is 41.3 Å². The van der Waals surface area contributed by atoms with Gasteiger partial charge in [-0.2, -0.15) is 0 Å². The van der Waals surface area contributed by atoms with E-state index in [2.05, 4.69) is 4.72 Å². The molecule has 2 aromatic carbocycles. The minimum Gasteiger partial charge on any atom is -0.392 e. The first-order valence-electron chi connectivity index (χ1n) is 6.33. The number of aryl methyl sites for hydroxylation is 2. The Kier molecular flexibility index (Phi) is 4.29. The van der Waals surface area contributed by atoms with E-state index in [-0.39, 0.29) is 11.5 Å². The predicted molar refractivity (Wildman–Crippen MR) is 79.0 cm³/mol. The molecule has 0 bridgehead atoms. The summed E-state index contributed by atoms with van der Waals surface area (Å²) in [6.07, 6.45) is 0. The number of nitrogens with one attached hydrogen (secondary N) is 1. The van der Waals surface area contributed by atoms with Gasteiger partial charge in [0.15, 0.2) is 0 Å². The van der Waals surface area contributed by atoms with Crippen molar-refractivity contribution < 1.29 is 17.9 Å². The van der Waals surface area contributed by atoms with Crippen molar-refractivity contribution in [2.75, 3.05) is 4.72 Å². The van der Waals surface area contributed by atoms with Crippen molar-refractivity contribution in [3.05, 3.63) is 58.9 Å². The van der Waals surface area contributed by atoms with Crippen molar-refractivity contribution in [2.24, 2.45) is 0 Å². The lowest BCUT2D eigenvalue weighted by atomic mass is 10.1. The second-order valence-electron chi connectivity index (χ2n) is 4.82. The van der Waals surface area contributed by atoms with E-state index in [1.54, 1.807) is 25.1 Å². The monoisotopic (exact) mass is 309 g/mol. The Morgan fingerprint density at radius 1 is 1.10 bits per heavy atom. The molecule has 112 valence electrons. The van der Waals surface area contributed by atoms with Crippen LogP contribution in [0.25, 0.3) is 0 Å². The fraction of sp³-hybridized carbons (Fsp3) is 0.200. The molecule has 0 saturated carbocycles. The summed E-state index contributed by atoms with van der Waals surface area (Å²) >= 11 is 0. The molecule has 0 amide bonds. The maximum absolute atomic E-state index is 13.1. The molecule has 0 aromatic heterocycles. The van der Waals surface area contributed by atoms with Gasteiger partial charge in [0.1, 0.15) is 5.82 Å². The van der Waals surface area contributed by atoms with Gasteiger partial charge >= 0.3 is 0 Å². The Balaban J connectivity index is 2.42. The summed E-state index contributed by atoms with van der Waals surface area (Å²) in [7, 11) is -3.81. The third kappa shape index (κ3) is 3.40. The largest absolute Gasteiger partial charge is 0.392 e. The Morgan fingerprint density at radius 3 is 2.43 bits per heavy atom. The summed E-state index contributed by atoms with van der Waals surface area (Å²) in [5.41, 5.74) is 2.06. The quantitative estimate of drug-likeness (QED) is 0.912. The lowest BCUT2D eigenvalue weighted by Crippen LogP contribution is -2.15. The Morgan fingerprint density at radius 2 is 1.81 bits per heavy atom. The predicted octanol–water partition coefficient (Wildman–Crippen LogP) is 2.74. The zero-order chi connectivity index (χ0) is 15.6. The molecule has 2 N–H and O–H groups in total. The van der Waals surface area contributed by atoms with Crippen molar-refractivity contribution in [3.63, 3.8) is 0 Å². The van der Waals surface area contributed by atoms with E-state index >= 15 is 0 Å². The van der Waals surface area contributed by atoms with Crippen molar-refractivity contribution in [3.8, 4) is 0 Å².